The van der Waals surface area contributed by atoms with E-state index in [0.29, 0.717) is 23.9 Å². The Labute approximate surface area is 150 Å². The summed E-state index contributed by atoms with van der Waals surface area (Å²) in [6.07, 6.45) is 3.85. The third-order valence-corrected chi connectivity index (χ3v) is 5.81. The topological polar surface area (TPSA) is 32.5 Å². The van der Waals surface area contributed by atoms with Crippen molar-refractivity contribution >= 4 is 30.5 Å². The van der Waals surface area contributed by atoms with Crippen molar-refractivity contribution < 1.29 is 4.39 Å². The van der Waals surface area contributed by atoms with Crippen molar-refractivity contribution in [1.82, 2.24) is 4.90 Å². The van der Waals surface area contributed by atoms with Crippen LogP contribution in [0.3, 0.4) is 0 Å². The molecule has 2 heterocycles. The van der Waals surface area contributed by atoms with Crippen LogP contribution in [0, 0.1) is 17.7 Å². The molecule has 0 spiro atoms. The smallest absolute Gasteiger partial charge is 0.123 e. The molecule has 1 aromatic carbocycles. The van der Waals surface area contributed by atoms with Crippen LogP contribution in [0.5, 0.6) is 0 Å². The third kappa shape index (κ3) is 3.60. The first-order valence-electron chi connectivity index (χ1n) is 8.21. The molecule has 2 aliphatic heterocycles. The maximum absolute atomic E-state index is 13.0. The van der Waals surface area contributed by atoms with E-state index in [9.17, 15) is 4.39 Å². The molecule has 3 aliphatic rings. The van der Waals surface area contributed by atoms with Crippen LogP contribution in [0.1, 0.15) is 19.3 Å². The van der Waals surface area contributed by atoms with Gasteiger partial charge >= 0.3 is 0 Å². The molecule has 4 rings (SSSR count). The summed E-state index contributed by atoms with van der Waals surface area (Å²) in [6, 6.07) is 7.99. The minimum Gasteiger partial charge on any atom is -0.370 e. The van der Waals surface area contributed by atoms with Crippen LogP contribution in [-0.2, 0) is 0 Å². The molecule has 1 saturated carbocycles. The second kappa shape index (κ2) is 7.56. The number of piperidine rings is 1. The molecule has 2 unspecified atom stereocenters. The average Bonchev–Trinajstić information content (AvgIpc) is 3.03. The zero-order valence-electron chi connectivity index (χ0n) is 13.2. The Morgan fingerprint density at radius 3 is 2.13 bits per heavy atom. The van der Waals surface area contributed by atoms with Crippen LogP contribution < -0.4 is 10.6 Å². The summed E-state index contributed by atoms with van der Waals surface area (Å²) < 4.78 is 13.0. The Morgan fingerprint density at radius 1 is 0.913 bits per heavy atom. The van der Waals surface area contributed by atoms with Crippen molar-refractivity contribution in [2.24, 2.45) is 17.6 Å². The first-order chi connectivity index (χ1) is 10.2. The molecule has 2 bridgehead atoms. The molecular weight excluding hydrogens is 336 g/mol. The summed E-state index contributed by atoms with van der Waals surface area (Å²) in [5, 5.41) is 0. The number of rotatable bonds is 2. The fourth-order valence-electron chi connectivity index (χ4n) is 4.53. The second-order valence-corrected chi connectivity index (χ2v) is 6.99. The van der Waals surface area contributed by atoms with Gasteiger partial charge in [0.05, 0.1) is 0 Å². The molecule has 23 heavy (non-hydrogen) atoms. The molecule has 0 amide bonds. The van der Waals surface area contributed by atoms with E-state index in [-0.39, 0.29) is 30.6 Å². The normalized spacial score (nSPS) is 33.2. The third-order valence-electron chi connectivity index (χ3n) is 5.81. The molecule has 6 heteroatoms. The number of hydrogen-bond acceptors (Lipinski definition) is 3. The Morgan fingerprint density at radius 2 is 1.52 bits per heavy atom. The molecule has 3 fully saturated rings. The lowest BCUT2D eigenvalue weighted by Gasteiger charge is -2.39. The number of nitrogens with two attached hydrogens (primary N) is 1. The van der Waals surface area contributed by atoms with Gasteiger partial charge in [0.15, 0.2) is 0 Å². The van der Waals surface area contributed by atoms with Gasteiger partial charge in [-0.05, 0) is 55.4 Å². The monoisotopic (exact) mass is 361 g/mol. The average molecular weight is 362 g/mol. The standard InChI is InChI=1S/C17H24FN3.2ClH/c18-14-3-5-15(6-4-14)20-8-7-16(11-20)21-9-12-1-2-13(10-21)17(12)19;;/h3-6,12-13,16-17H,1-2,7-11,19H2;2*1H/t12-,13+,16?,17?;;. The Hall–Kier alpha value is -0.550. The van der Waals surface area contributed by atoms with Crippen molar-refractivity contribution in [3.05, 3.63) is 30.1 Å². The van der Waals surface area contributed by atoms with Crippen LogP contribution in [0.25, 0.3) is 0 Å². The first-order valence-corrected chi connectivity index (χ1v) is 8.21. The number of halogens is 3. The Kier molecular flexibility index (Phi) is 6.17. The fraction of sp³-hybridized carbons (Fsp3) is 0.647. The molecule has 1 aliphatic carbocycles. The van der Waals surface area contributed by atoms with Gasteiger partial charge < -0.3 is 10.6 Å². The van der Waals surface area contributed by atoms with E-state index in [2.05, 4.69) is 9.80 Å². The summed E-state index contributed by atoms with van der Waals surface area (Å²) in [6.45, 7) is 4.51. The van der Waals surface area contributed by atoms with E-state index in [1.54, 1.807) is 12.1 Å². The lowest BCUT2D eigenvalue weighted by molar-refractivity contribution is 0.110. The first kappa shape index (κ1) is 18.8. The van der Waals surface area contributed by atoms with Gasteiger partial charge in [-0.25, -0.2) is 4.39 Å². The Bertz CT molecular complexity index is 499. The molecule has 3 nitrogen and oxygen atoms in total. The van der Waals surface area contributed by atoms with Crippen LogP contribution in [0.15, 0.2) is 24.3 Å². The van der Waals surface area contributed by atoms with Crippen molar-refractivity contribution in [3.8, 4) is 0 Å². The number of hydrogen-bond donors (Lipinski definition) is 1. The highest BCUT2D eigenvalue weighted by atomic mass is 35.5. The zero-order chi connectivity index (χ0) is 14.4. The van der Waals surface area contributed by atoms with E-state index >= 15 is 0 Å². The summed E-state index contributed by atoms with van der Waals surface area (Å²) in [4.78, 5) is 5.07. The van der Waals surface area contributed by atoms with Gasteiger partial charge in [0.2, 0.25) is 0 Å². The highest BCUT2D eigenvalue weighted by Crippen LogP contribution is 2.37. The largest absolute Gasteiger partial charge is 0.370 e. The summed E-state index contributed by atoms with van der Waals surface area (Å²) in [5.41, 5.74) is 7.45. The van der Waals surface area contributed by atoms with Gasteiger partial charge in [0.1, 0.15) is 5.82 Å². The molecule has 130 valence electrons. The van der Waals surface area contributed by atoms with E-state index in [1.807, 2.05) is 12.1 Å². The molecule has 4 atom stereocenters. The maximum Gasteiger partial charge on any atom is 0.123 e. The lowest BCUT2D eigenvalue weighted by atomic mass is 9.92. The maximum atomic E-state index is 13.0. The van der Waals surface area contributed by atoms with Crippen molar-refractivity contribution in [2.45, 2.75) is 31.3 Å². The van der Waals surface area contributed by atoms with E-state index in [1.165, 1.54) is 32.4 Å². The SMILES string of the molecule is Cl.Cl.NC1[C@@H]2CC[C@H]1CN(C1CCN(c3ccc(F)cc3)C1)C2. The minimum absolute atomic E-state index is 0. The number of nitrogens with zero attached hydrogens (tertiary/aromatic N) is 2. The fourth-order valence-corrected chi connectivity index (χ4v) is 4.53. The highest BCUT2D eigenvalue weighted by molar-refractivity contribution is 5.85. The van der Waals surface area contributed by atoms with Crippen LogP contribution in [-0.4, -0.2) is 43.2 Å². The van der Waals surface area contributed by atoms with Gasteiger partial charge in [-0.3, -0.25) is 4.90 Å². The van der Waals surface area contributed by atoms with Gasteiger partial charge in [-0.2, -0.15) is 0 Å². The van der Waals surface area contributed by atoms with Crippen LogP contribution in [0.4, 0.5) is 10.1 Å². The Balaban J connectivity index is 0.000000960. The number of benzene rings is 1. The van der Waals surface area contributed by atoms with Gasteiger partial charge in [-0.1, -0.05) is 0 Å². The summed E-state index contributed by atoms with van der Waals surface area (Å²) in [5.74, 6) is 1.27. The number of anilines is 1. The summed E-state index contributed by atoms with van der Waals surface area (Å²) >= 11 is 0. The van der Waals surface area contributed by atoms with Gasteiger partial charge in [0, 0.05) is 44.0 Å². The van der Waals surface area contributed by atoms with Gasteiger partial charge in [0.25, 0.3) is 0 Å². The highest BCUT2D eigenvalue weighted by Gasteiger charge is 2.42. The second-order valence-electron chi connectivity index (χ2n) is 6.99. The quantitative estimate of drug-likeness (QED) is 0.878. The van der Waals surface area contributed by atoms with Crippen LogP contribution in [0.2, 0.25) is 0 Å². The molecule has 1 aromatic rings. The van der Waals surface area contributed by atoms with E-state index in [4.69, 9.17) is 5.73 Å². The van der Waals surface area contributed by atoms with Gasteiger partial charge in [-0.15, -0.1) is 24.8 Å². The van der Waals surface area contributed by atoms with E-state index in [0.717, 1.165) is 18.8 Å². The molecule has 2 N–H and O–H groups in total. The molecule has 0 radical (unpaired) electrons. The van der Waals surface area contributed by atoms with Crippen molar-refractivity contribution in [1.29, 1.82) is 0 Å². The van der Waals surface area contributed by atoms with Crippen LogP contribution >= 0.6 is 24.8 Å². The molecular formula is C17H26Cl2FN3. The van der Waals surface area contributed by atoms with Crippen molar-refractivity contribution in [3.63, 3.8) is 0 Å². The predicted molar refractivity (Wildman–Crippen MR) is 97.3 cm³/mol. The zero-order valence-corrected chi connectivity index (χ0v) is 14.9. The predicted octanol–water partition coefficient (Wildman–Crippen LogP) is 2.92. The van der Waals surface area contributed by atoms with E-state index < -0.39 is 0 Å². The summed E-state index contributed by atoms with van der Waals surface area (Å²) in [7, 11) is 0. The number of likely N-dealkylation sites (tertiary alicyclic amines) is 1. The lowest BCUT2D eigenvalue weighted by Crippen LogP contribution is -2.52. The minimum atomic E-state index is -0.156. The molecule has 0 aromatic heterocycles. The molecule has 2 saturated heterocycles. The number of fused-ring (bicyclic) bond motifs is 2. The van der Waals surface area contributed by atoms with Crippen molar-refractivity contribution in [2.75, 3.05) is 31.1 Å².